The summed E-state index contributed by atoms with van der Waals surface area (Å²) >= 11 is 0. The van der Waals surface area contributed by atoms with E-state index in [0.717, 1.165) is 50.8 Å². The summed E-state index contributed by atoms with van der Waals surface area (Å²) in [5, 5.41) is 3.13. The number of anilines is 1. The highest BCUT2D eigenvalue weighted by Crippen LogP contribution is 2.42. The number of halogens is 1. The molecule has 1 aromatic rings. The highest BCUT2D eigenvalue weighted by molar-refractivity contribution is 5.73. The average molecular weight is 360 g/mol. The van der Waals surface area contributed by atoms with Crippen LogP contribution in [0.2, 0.25) is 0 Å². The lowest BCUT2D eigenvalue weighted by Crippen LogP contribution is -2.50. The molecule has 2 aliphatic heterocycles. The zero-order valence-corrected chi connectivity index (χ0v) is 15.5. The molecule has 2 saturated heterocycles. The molecule has 4 rings (SSSR count). The quantitative estimate of drug-likeness (QED) is 0.887. The van der Waals surface area contributed by atoms with Crippen molar-refractivity contribution in [2.75, 3.05) is 18.0 Å². The van der Waals surface area contributed by atoms with E-state index in [4.69, 9.17) is 4.74 Å². The standard InChI is InChI=1S/C21H29FN2O2/c1-14(25)23-18-13-21(26-20-7-3-2-6-16(18)20)15-8-9-19(17(22)12-15)24-10-4-5-11-24/h8-9,12,16,18,20-21H,2-7,10-11,13H2,1H3,(H,23,25)/t16-,18+,20+,21+/m0/s1. The third-order valence-electron chi connectivity index (χ3n) is 6.26. The van der Waals surface area contributed by atoms with Crippen molar-refractivity contribution in [1.29, 1.82) is 0 Å². The second kappa shape index (κ2) is 7.55. The van der Waals surface area contributed by atoms with E-state index in [1.165, 1.54) is 12.8 Å². The molecule has 1 amide bonds. The average Bonchev–Trinajstić information content (AvgIpc) is 3.15. The molecule has 1 N–H and O–H groups in total. The Morgan fingerprint density at radius 2 is 1.96 bits per heavy atom. The Morgan fingerprint density at radius 1 is 1.19 bits per heavy atom. The van der Waals surface area contributed by atoms with E-state index < -0.39 is 0 Å². The highest BCUT2D eigenvalue weighted by Gasteiger charge is 2.40. The number of nitrogens with zero attached hydrogens (tertiary/aromatic N) is 1. The molecule has 1 saturated carbocycles. The molecule has 1 aromatic carbocycles. The van der Waals surface area contributed by atoms with Gasteiger partial charge in [0, 0.05) is 32.0 Å². The molecule has 4 nitrogen and oxygen atoms in total. The first-order valence-corrected chi connectivity index (χ1v) is 10.1. The van der Waals surface area contributed by atoms with E-state index in [1.54, 1.807) is 13.0 Å². The number of hydrogen-bond donors (Lipinski definition) is 1. The maximum absolute atomic E-state index is 14.7. The molecular weight excluding hydrogens is 331 g/mol. The Bertz CT molecular complexity index is 659. The molecule has 0 spiro atoms. The van der Waals surface area contributed by atoms with Gasteiger partial charge in [0.15, 0.2) is 0 Å². The summed E-state index contributed by atoms with van der Waals surface area (Å²) in [5.41, 5.74) is 1.60. The van der Waals surface area contributed by atoms with Crippen LogP contribution in [0.25, 0.3) is 0 Å². The van der Waals surface area contributed by atoms with Crippen molar-refractivity contribution in [3.05, 3.63) is 29.6 Å². The summed E-state index contributed by atoms with van der Waals surface area (Å²) in [7, 11) is 0. The van der Waals surface area contributed by atoms with E-state index in [1.807, 2.05) is 12.1 Å². The molecule has 0 bridgehead atoms. The van der Waals surface area contributed by atoms with Crippen LogP contribution in [0.4, 0.5) is 10.1 Å². The van der Waals surface area contributed by atoms with Crippen molar-refractivity contribution in [2.45, 2.75) is 70.1 Å². The Balaban J connectivity index is 1.54. The van der Waals surface area contributed by atoms with E-state index in [9.17, 15) is 9.18 Å². The molecule has 26 heavy (non-hydrogen) atoms. The van der Waals surface area contributed by atoms with Crippen molar-refractivity contribution < 1.29 is 13.9 Å². The van der Waals surface area contributed by atoms with Crippen molar-refractivity contribution in [1.82, 2.24) is 5.32 Å². The smallest absolute Gasteiger partial charge is 0.217 e. The number of carbonyl (C=O) groups is 1. The molecule has 2 heterocycles. The van der Waals surface area contributed by atoms with Gasteiger partial charge in [0.2, 0.25) is 5.91 Å². The third-order valence-corrected chi connectivity index (χ3v) is 6.26. The number of carbonyl (C=O) groups excluding carboxylic acids is 1. The minimum Gasteiger partial charge on any atom is -0.370 e. The van der Waals surface area contributed by atoms with Gasteiger partial charge < -0.3 is 15.0 Å². The van der Waals surface area contributed by atoms with Gasteiger partial charge in [-0.1, -0.05) is 18.9 Å². The maximum atomic E-state index is 14.7. The zero-order chi connectivity index (χ0) is 18.1. The number of hydrogen-bond acceptors (Lipinski definition) is 3. The van der Waals surface area contributed by atoms with Gasteiger partial charge >= 0.3 is 0 Å². The first-order chi connectivity index (χ1) is 12.6. The molecule has 4 atom stereocenters. The minimum atomic E-state index is -0.158. The Hall–Kier alpha value is -1.62. The van der Waals surface area contributed by atoms with Crippen LogP contribution in [0.3, 0.4) is 0 Å². The highest BCUT2D eigenvalue weighted by atomic mass is 19.1. The van der Waals surface area contributed by atoms with Crippen molar-refractivity contribution in [3.8, 4) is 0 Å². The van der Waals surface area contributed by atoms with Crippen molar-refractivity contribution in [2.24, 2.45) is 5.92 Å². The summed E-state index contributed by atoms with van der Waals surface area (Å²) in [6.45, 7) is 3.45. The van der Waals surface area contributed by atoms with Crippen LogP contribution in [-0.4, -0.2) is 31.1 Å². The summed E-state index contributed by atoms with van der Waals surface area (Å²) in [6.07, 6.45) is 7.52. The minimum absolute atomic E-state index is 0.00975. The second-order valence-corrected chi connectivity index (χ2v) is 8.06. The van der Waals surface area contributed by atoms with Crippen LogP contribution in [0.15, 0.2) is 18.2 Å². The predicted molar refractivity (Wildman–Crippen MR) is 99.6 cm³/mol. The van der Waals surface area contributed by atoms with Crippen LogP contribution in [0.1, 0.15) is 63.5 Å². The number of amides is 1. The molecule has 0 radical (unpaired) electrons. The van der Waals surface area contributed by atoms with Crippen molar-refractivity contribution >= 4 is 11.6 Å². The van der Waals surface area contributed by atoms with Gasteiger partial charge in [-0.15, -0.1) is 0 Å². The van der Waals surface area contributed by atoms with Gasteiger partial charge in [0.1, 0.15) is 5.82 Å². The zero-order valence-electron chi connectivity index (χ0n) is 15.5. The van der Waals surface area contributed by atoms with Crippen LogP contribution in [0.5, 0.6) is 0 Å². The second-order valence-electron chi connectivity index (χ2n) is 8.06. The summed E-state index contributed by atoms with van der Waals surface area (Å²) in [4.78, 5) is 13.8. The monoisotopic (exact) mass is 360 g/mol. The van der Waals surface area contributed by atoms with Crippen molar-refractivity contribution in [3.63, 3.8) is 0 Å². The molecule has 3 aliphatic rings. The van der Waals surface area contributed by atoms with Gasteiger partial charge in [0.25, 0.3) is 0 Å². The first-order valence-electron chi connectivity index (χ1n) is 10.1. The van der Waals surface area contributed by atoms with E-state index >= 15 is 0 Å². The van der Waals surface area contributed by atoms with Crippen LogP contribution < -0.4 is 10.2 Å². The van der Waals surface area contributed by atoms with E-state index in [-0.39, 0.29) is 30.0 Å². The lowest BCUT2D eigenvalue weighted by molar-refractivity contribution is -0.131. The molecule has 3 fully saturated rings. The van der Waals surface area contributed by atoms with Crippen LogP contribution >= 0.6 is 0 Å². The predicted octanol–water partition coefficient (Wildman–Crippen LogP) is 3.95. The van der Waals surface area contributed by atoms with E-state index in [2.05, 4.69) is 10.2 Å². The SMILES string of the molecule is CC(=O)N[C@@H]1C[C@H](c2ccc(N3CCCC3)c(F)c2)O[C@@H]2CCCC[C@@H]12. The van der Waals surface area contributed by atoms with Gasteiger partial charge in [-0.25, -0.2) is 4.39 Å². The molecule has 0 aromatic heterocycles. The fourth-order valence-electron chi connectivity index (χ4n) is 5.01. The molecule has 0 unspecified atom stereocenters. The van der Waals surface area contributed by atoms with Gasteiger partial charge in [-0.05, 0) is 49.8 Å². The number of nitrogens with one attached hydrogen (secondary N) is 1. The number of rotatable bonds is 3. The third kappa shape index (κ3) is 3.59. The van der Waals surface area contributed by atoms with Gasteiger partial charge in [0.05, 0.1) is 17.9 Å². The maximum Gasteiger partial charge on any atom is 0.217 e. The van der Waals surface area contributed by atoms with Crippen LogP contribution in [-0.2, 0) is 9.53 Å². The Labute approximate surface area is 155 Å². The lowest BCUT2D eigenvalue weighted by Gasteiger charge is -2.45. The molecule has 142 valence electrons. The molecular formula is C21H29FN2O2. The molecule has 1 aliphatic carbocycles. The number of ether oxygens (including phenoxy) is 1. The van der Waals surface area contributed by atoms with Gasteiger partial charge in [-0.3, -0.25) is 4.79 Å². The Morgan fingerprint density at radius 3 is 2.69 bits per heavy atom. The topological polar surface area (TPSA) is 41.6 Å². The normalized spacial score (nSPS) is 31.5. The van der Waals surface area contributed by atoms with E-state index in [0.29, 0.717) is 11.6 Å². The fourth-order valence-corrected chi connectivity index (χ4v) is 5.01. The summed E-state index contributed by atoms with van der Waals surface area (Å²) in [5.74, 6) is 0.239. The number of fused-ring (bicyclic) bond motifs is 1. The summed E-state index contributed by atoms with van der Waals surface area (Å²) < 4.78 is 21.1. The Kier molecular flexibility index (Phi) is 5.16. The lowest BCUT2D eigenvalue weighted by atomic mass is 9.76. The largest absolute Gasteiger partial charge is 0.370 e. The number of benzene rings is 1. The summed E-state index contributed by atoms with van der Waals surface area (Å²) in [6, 6.07) is 5.68. The van der Waals surface area contributed by atoms with Gasteiger partial charge in [-0.2, -0.15) is 0 Å². The van der Waals surface area contributed by atoms with Crippen LogP contribution in [0, 0.1) is 11.7 Å². The fraction of sp³-hybridized carbons (Fsp3) is 0.667. The molecule has 5 heteroatoms. The first kappa shape index (κ1) is 17.8.